The van der Waals surface area contributed by atoms with Gasteiger partial charge in [-0.3, -0.25) is 14.9 Å². The van der Waals surface area contributed by atoms with Crippen LogP contribution >= 0.6 is 22.7 Å². The van der Waals surface area contributed by atoms with E-state index in [-0.39, 0.29) is 5.91 Å². The number of hydrogen-bond donors (Lipinski definition) is 2. The molecule has 2 heterocycles. The van der Waals surface area contributed by atoms with E-state index in [1.54, 1.807) is 42.7 Å². The van der Waals surface area contributed by atoms with Gasteiger partial charge in [-0.25, -0.2) is 10.4 Å². The van der Waals surface area contributed by atoms with Crippen LogP contribution in [0, 0.1) is 4.91 Å². The fourth-order valence-corrected chi connectivity index (χ4v) is 3.43. The highest BCUT2D eigenvalue weighted by molar-refractivity contribution is 7.18. The van der Waals surface area contributed by atoms with E-state index in [0.717, 1.165) is 4.88 Å². The normalized spacial score (nSPS) is 11.5. The number of carbonyl (C=O) groups is 2. The van der Waals surface area contributed by atoms with Crippen LogP contribution in [0.25, 0.3) is 10.6 Å². The second-order valence-corrected chi connectivity index (χ2v) is 6.37. The third-order valence-electron chi connectivity index (χ3n) is 2.87. The number of thiazole rings is 1. The van der Waals surface area contributed by atoms with Crippen LogP contribution < -0.4 is 10.7 Å². The van der Waals surface area contributed by atoms with Crippen molar-refractivity contribution in [2.75, 3.05) is 5.32 Å². The molecule has 0 fully saturated rings. The molecule has 0 saturated carbocycles. The van der Waals surface area contributed by atoms with Gasteiger partial charge in [0.05, 0.1) is 20.7 Å². The van der Waals surface area contributed by atoms with Crippen LogP contribution in [0.15, 0.2) is 46.6 Å². The zero-order chi connectivity index (χ0) is 17.5. The van der Waals surface area contributed by atoms with Gasteiger partial charge in [-0.1, -0.05) is 18.2 Å². The zero-order valence-corrected chi connectivity index (χ0v) is 14.5. The number of rotatable bonds is 6. The summed E-state index contributed by atoms with van der Waals surface area (Å²) < 4.78 is 0. The van der Waals surface area contributed by atoms with E-state index < -0.39 is 5.91 Å². The average molecular weight is 362 g/mol. The SMILES string of the molecule is C/C=C\C(=C/C)C(=O)Nc1nc(-c2ccc(C(=O)NN=O)s2)cs1. The fraction of sp³-hybridized carbons (Fsp3) is 0.133. The first-order valence-electron chi connectivity index (χ1n) is 6.87. The molecule has 0 aliphatic heterocycles. The van der Waals surface area contributed by atoms with Gasteiger partial charge in [-0.2, -0.15) is 0 Å². The van der Waals surface area contributed by atoms with Crippen molar-refractivity contribution in [1.82, 2.24) is 10.4 Å². The van der Waals surface area contributed by atoms with E-state index in [2.05, 4.69) is 15.6 Å². The molecule has 0 aliphatic carbocycles. The Morgan fingerprint density at radius 1 is 1.29 bits per heavy atom. The van der Waals surface area contributed by atoms with E-state index in [0.29, 0.717) is 21.3 Å². The summed E-state index contributed by atoms with van der Waals surface area (Å²) in [4.78, 5) is 39.1. The number of aromatic nitrogens is 1. The molecule has 0 bridgehead atoms. The summed E-state index contributed by atoms with van der Waals surface area (Å²) in [5.74, 6) is -0.797. The molecule has 0 atom stereocenters. The van der Waals surface area contributed by atoms with E-state index >= 15 is 0 Å². The number of nitroso groups, excluding NO2 is 1. The Hall–Kier alpha value is -2.65. The monoisotopic (exact) mass is 362 g/mol. The number of hydrogen-bond acceptors (Lipinski definition) is 7. The molecule has 2 N–H and O–H groups in total. The molecule has 0 unspecified atom stereocenters. The van der Waals surface area contributed by atoms with Gasteiger partial charge in [0, 0.05) is 11.0 Å². The highest BCUT2D eigenvalue weighted by Crippen LogP contribution is 2.31. The molecule has 0 spiro atoms. The first-order chi connectivity index (χ1) is 11.6. The van der Waals surface area contributed by atoms with E-state index in [1.807, 2.05) is 12.3 Å². The van der Waals surface area contributed by atoms with Crippen LogP contribution in [0.1, 0.15) is 23.5 Å². The van der Waals surface area contributed by atoms with E-state index in [1.165, 1.54) is 22.7 Å². The molecule has 0 saturated heterocycles. The van der Waals surface area contributed by atoms with Crippen LogP contribution in [-0.4, -0.2) is 16.8 Å². The second kappa shape index (κ2) is 8.27. The van der Waals surface area contributed by atoms with Gasteiger partial charge < -0.3 is 0 Å². The Labute approximate surface area is 146 Å². The van der Waals surface area contributed by atoms with Crippen LogP contribution in [0.4, 0.5) is 5.13 Å². The van der Waals surface area contributed by atoms with Gasteiger partial charge in [0.15, 0.2) is 5.13 Å². The molecule has 124 valence electrons. The molecule has 24 heavy (non-hydrogen) atoms. The van der Waals surface area contributed by atoms with Crippen LogP contribution in [-0.2, 0) is 4.79 Å². The fourth-order valence-electron chi connectivity index (χ4n) is 1.79. The molecule has 0 radical (unpaired) electrons. The highest BCUT2D eigenvalue weighted by atomic mass is 32.1. The van der Waals surface area contributed by atoms with Crippen molar-refractivity contribution < 1.29 is 9.59 Å². The zero-order valence-electron chi connectivity index (χ0n) is 12.9. The predicted octanol–water partition coefficient (Wildman–Crippen LogP) is 3.74. The van der Waals surface area contributed by atoms with Crippen molar-refractivity contribution in [1.29, 1.82) is 0 Å². The Morgan fingerprint density at radius 2 is 2.08 bits per heavy atom. The maximum atomic E-state index is 12.1. The Balaban J connectivity index is 2.12. The minimum absolute atomic E-state index is 0.236. The quantitative estimate of drug-likeness (QED) is 0.354. The molecule has 2 rings (SSSR count). The van der Waals surface area contributed by atoms with Gasteiger partial charge in [0.25, 0.3) is 11.8 Å². The van der Waals surface area contributed by atoms with Gasteiger partial charge in [-0.15, -0.1) is 27.6 Å². The summed E-state index contributed by atoms with van der Waals surface area (Å²) in [6, 6.07) is 3.31. The predicted molar refractivity (Wildman–Crippen MR) is 95.9 cm³/mol. The highest BCUT2D eigenvalue weighted by Gasteiger charge is 2.14. The standard InChI is InChI=1S/C15H14N4O3S2/c1-3-5-9(4-2)13(20)17-15-16-10(8-23-15)11-6-7-12(24-11)14(21)18-19-22/h3-8H,1-2H3,(H,16,17,20)(H,18,21,22)/b5-3-,9-4+. The van der Waals surface area contributed by atoms with Crippen molar-refractivity contribution in [3.63, 3.8) is 0 Å². The minimum atomic E-state index is -0.561. The number of nitrogens with one attached hydrogen (secondary N) is 2. The number of nitrogens with zero attached hydrogens (tertiary/aromatic N) is 2. The molecule has 0 aliphatic rings. The van der Waals surface area contributed by atoms with Gasteiger partial charge in [0.1, 0.15) is 0 Å². The minimum Gasteiger partial charge on any atom is -0.298 e. The van der Waals surface area contributed by atoms with Crippen LogP contribution in [0.3, 0.4) is 0 Å². The van der Waals surface area contributed by atoms with Crippen molar-refractivity contribution in [3.8, 4) is 10.6 Å². The van der Waals surface area contributed by atoms with Gasteiger partial charge >= 0.3 is 0 Å². The maximum Gasteiger partial charge on any atom is 0.284 e. The average Bonchev–Trinajstić information content (AvgIpc) is 3.21. The number of amides is 2. The van der Waals surface area contributed by atoms with Crippen molar-refractivity contribution in [2.24, 2.45) is 5.29 Å². The van der Waals surface area contributed by atoms with E-state index in [4.69, 9.17) is 0 Å². The lowest BCUT2D eigenvalue weighted by molar-refractivity contribution is -0.112. The first-order valence-corrected chi connectivity index (χ1v) is 8.57. The lowest BCUT2D eigenvalue weighted by atomic mass is 10.2. The molecule has 7 nitrogen and oxygen atoms in total. The second-order valence-electron chi connectivity index (χ2n) is 4.43. The summed E-state index contributed by atoms with van der Waals surface area (Å²) in [5.41, 5.74) is 3.03. The van der Waals surface area contributed by atoms with Gasteiger partial charge in [0.2, 0.25) is 0 Å². The van der Waals surface area contributed by atoms with Gasteiger partial charge in [-0.05, 0) is 26.0 Å². The van der Waals surface area contributed by atoms with Crippen LogP contribution in [0.5, 0.6) is 0 Å². The first kappa shape index (κ1) is 17.7. The van der Waals surface area contributed by atoms with E-state index in [9.17, 15) is 14.5 Å². The summed E-state index contributed by atoms with van der Waals surface area (Å²) in [5, 5.41) is 7.34. The Bertz CT molecular complexity index is 820. The molecular weight excluding hydrogens is 348 g/mol. The number of carbonyl (C=O) groups excluding carboxylic acids is 2. The molecule has 0 aromatic carbocycles. The molecule has 2 aromatic heterocycles. The molecule has 9 heteroatoms. The Morgan fingerprint density at radius 3 is 2.75 bits per heavy atom. The molecule has 2 aromatic rings. The smallest absolute Gasteiger partial charge is 0.284 e. The third kappa shape index (κ3) is 4.21. The summed E-state index contributed by atoms with van der Waals surface area (Å²) in [7, 11) is 0. The Kier molecular flexibility index (Phi) is 6.10. The van der Waals surface area contributed by atoms with Crippen molar-refractivity contribution in [2.45, 2.75) is 13.8 Å². The lowest BCUT2D eigenvalue weighted by Crippen LogP contribution is -2.14. The summed E-state index contributed by atoms with van der Waals surface area (Å²) >= 11 is 2.47. The van der Waals surface area contributed by atoms with Crippen molar-refractivity contribution >= 4 is 39.6 Å². The number of allylic oxidation sites excluding steroid dienone is 2. The maximum absolute atomic E-state index is 12.1. The molecular formula is C15H14N4O3S2. The van der Waals surface area contributed by atoms with Crippen molar-refractivity contribution in [3.05, 3.63) is 51.1 Å². The topological polar surface area (TPSA) is 101 Å². The van der Waals surface area contributed by atoms with Crippen LogP contribution in [0.2, 0.25) is 0 Å². The largest absolute Gasteiger partial charge is 0.298 e. The number of anilines is 1. The number of thiophene rings is 1. The lowest BCUT2D eigenvalue weighted by Gasteiger charge is -2.01. The third-order valence-corrected chi connectivity index (χ3v) is 4.74. The molecule has 2 amide bonds. The summed E-state index contributed by atoms with van der Waals surface area (Å²) in [6.45, 7) is 3.62. The summed E-state index contributed by atoms with van der Waals surface area (Å²) in [6.07, 6.45) is 5.22.